The first-order valence-electron chi connectivity index (χ1n) is 7.83. The predicted octanol–water partition coefficient (Wildman–Crippen LogP) is 2.69. The standard InChI is InChI=1S/C18H13ClFN3O3/c1-9-5-11(19)7-13-14(9)21-15(24)18(13)16(25)23(17(26)22-18)8-10-3-2-4-12(20)6-10/h2-7H,8H2,1H3,(H,21,24)(H,22,26)/t18-/m1/s1. The Hall–Kier alpha value is -2.93. The molecule has 1 spiro atoms. The van der Waals surface area contributed by atoms with Gasteiger partial charge in [0.15, 0.2) is 0 Å². The van der Waals surface area contributed by atoms with Gasteiger partial charge in [0.25, 0.3) is 11.8 Å². The molecule has 132 valence electrons. The zero-order valence-electron chi connectivity index (χ0n) is 13.6. The van der Waals surface area contributed by atoms with Crippen LogP contribution < -0.4 is 10.6 Å². The van der Waals surface area contributed by atoms with Crippen LogP contribution in [0.1, 0.15) is 16.7 Å². The van der Waals surface area contributed by atoms with Crippen molar-refractivity contribution in [3.05, 3.63) is 63.9 Å². The van der Waals surface area contributed by atoms with E-state index < -0.39 is 29.2 Å². The Morgan fingerprint density at radius 2 is 1.96 bits per heavy atom. The van der Waals surface area contributed by atoms with Crippen molar-refractivity contribution in [1.29, 1.82) is 0 Å². The lowest BCUT2D eigenvalue weighted by molar-refractivity contribution is -0.137. The molecule has 2 N–H and O–H groups in total. The van der Waals surface area contributed by atoms with Gasteiger partial charge in [0.1, 0.15) is 5.82 Å². The number of amides is 4. The van der Waals surface area contributed by atoms with Crippen molar-refractivity contribution < 1.29 is 18.8 Å². The first-order chi connectivity index (χ1) is 12.3. The van der Waals surface area contributed by atoms with Gasteiger partial charge in [0.2, 0.25) is 5.54 Å². The monoisotopic (exact) mass is 373 g/mol. The van der Waals surface area contributed by atoms with Gasteiger partial charge in [-0.05, 0) is 42.3 Å². The molecule has 2 aromatic rings. The number of carbonyl (C=O) groups excluding carboxylic acids is 3. The second-order valence-corrected chi connectivity index (χ2v) is 6.74. The summed E-state index contributed by atoms with van der Waals surface area (Å²) in [7, 11) is 0. The van der Waals surface area contributed by atoms with E-state index in [9.17, 15) is 18.8 Å². The second kappa shape index (κ2) is 5.54. The van der Waals surface area contributed by atoms with E-state index in [1.54, 1.807) is 19.1 Å². The zero-order valence-corrected chi connectivity index (χ0v) is 14.4. The maximum atomic E-state index is 13.4. The molecule has 2 aliphatic heterocycles. The van der Waals surface area contributed by atoms with Crippen LogP contribution >= 0.6 is 11.6 Å². The lowest BCUT2D eigenvalue weighted by Crippen LogP contribution is -2.49. The Labute approximate surface area is 152 Å². The first-order valence-corrected chi connectivity index (χ1v) is 8.21. The third-order valence-electron chi connectivity index (χ3n) is 4.62. The Kier molecular flexibility index (Phi) is 3.52. The van der Waals surface area contributed by atoms with E-state index in [0.717, 1.165) is 4.90 Å². The van der Waals surface area contributed by atoms with Gasteiger partial charge < -0.3 is 10.6 Å². The Bertz CT molecular complexity index is 994. The minimum absolute atomic E-state index is 0.146. The molecule has 0 bridgehead atoms. The lowest BCUT2D eigenvalue weighted by atomic mass is 9.90. The van der Waals surface area contributed by atoms with E-state index in [4.69, 9.17) is 11.6 Å². The van der Waals surface area contributed by atoms with Gasteiger partial charge in [0, 0.05) is 10.6 Å². The molecule has 2 aromatic carbocycles. The van der Waals surface area contributed by atoms with Gasteiger partial charge in [0.05, 0.1) is 12.2 Å². The number of aryl methyl sites for hydroxylation is 1. The van der Waals surface area contributed by atoms with Crippen molar-refractivity contribution in [2.75, 3.05) is 5.32 Å². The van der Waals surface area contributed by atoms with Crippen molar-refractivity contribution in [1.82, 2.24) is 10.2 Å². The molecule has 0 saturated carbocycles. The topological polar surface area (TPSA) is 78.5 Å². The number of halogens is 2. The summed E-state index contributed by atoms with van der Waals surface area (Å²) in [6, 6.07) is 8.01. The Balaban J connectivity index is 1.77. The summed E-state index contributed by atoms with van der Waals surface area (Å²) < 4.78 is 13.4. The van der Waals surface area contributed by atoms with Gasteiger partial charge in [-0.3, -0.25) is 14.5 Å². The van der Waals surface area contributed by atoms with Gasteiger partial charge in [-0.1, -0.05) is 23.7 Å². The molecule has 0 aromatic heterocycles. The molecule has 0 radical (unpaired) electrons. The number of anilines is 1. The summed E-state index contributed by atoms with van der Waals surface area (Å²) in [4.78, 5) is 39.1. The summed E-state index contributed by atoms with van der Waals surface area (Å²) in [5, 5.41) is 5.50. The molecule has 4 amide bonds. The van der Waals surface area contributed by atoms with Crippen LogP contribution in [0.25, 0.3) is 0 Å². The van der Waals surface area contributed by atoms with Crippen LogP contribution in [-0.2, 0) is 21.7 Å². The first kappa shape index (κ1) is 16.5. The van der Waals surface area contributed by atoms with Crippen LogP contribution in [0.15, 0.2) is 36.4 Å². The van der Waals surface area contributed by atoms with Gasteiger partial charge in [-0.2, -0.15) is 0 Å². The third-order valence-corrected chi connectivity index (χ3v) is 4.84. The quantitative estimate of drug-likeness (QED) is 0.627. The van der Waals surface area contributed by atoms with Crippen LogP contribution in [0.3, 0.4) is 0 Å². The number of fused-ring (bicyclic) bond motifs is 2. The predicted molar refractivity (Wildman–Crippen MR) is 92.0 cm³/mol. The number of nitrogens with zero attached hydrogens (tertiary/aromatic N) is 1. The Morgan fingerprint density at radius 1 is 1.19 bits per heavy atom. The fourth-order valence-electron chi connectivity index (χ4n) is 3.41. The molecule has 8 heteroatoms. The summed E-state index contributed by atoms with van der Waals surface area (Å²) in [5.41, 5.74) is 0.0399. The normalized spacial score (nSPS) is 21.2. The van der Waals surface area contributed by atoms with Crippen LogP contribution in [0.2, 0.25) is 5.02 Å². The van der Waals surface area contributed by atoms with E-state index in [2.05, 4.69) is 10.6 Å². The minimum Gasteiger partial charge on any atom is -0.323 e. The molecular formula is C18H13ClFN3O3. The maximum Gasteiger partial charge on any atom is 0.326 e. The molecule has 1 saturated heterocycles. The molecule has 4 rings (SSSR count). The number of urea groups is 1. The molecular weight excluding hydrogens is 361 g/mol. The zero-order chi connectivity index (χ0) is 18.6. The van der Waals surface area contributed by atoms with Gasteiger partial charge in [-0.25, -0.2) is 9.18 Å². The summed E-state index contributed by atoms with van der Waals surface area (Å²) in [6.45, 7) is 1.60. The summed E-state index contributed by atoms with van der Waals surface area (Å²) in [5.74, 6) is -1.83. The molecule has 6 nitrogen and oxygen atoms in total. The molecule has 0 unspecified atom stereocenters. The van der Waals surface area contributed by atoms with Crippen molar-refractivity contribution in [2.24, 2.45) is 0 Å². The van der Waals surface area contributed by atoms with Crippen LogP contribution in [-0.4, -0.2) is 22.7 Å². The summed E-state index contributed by atoms with van der Waals surface area (Å²) >= 11 is 6.09. The smallest absolute Gasteiger partial charge is 0.323 e. The number of hydrogen-bond acceptors (Lipinski definition) is 3. The van der Waals surface area contributed by atoms with E-state index >= 15 is 0 Å². The molecule has 2 heterocycles. The van der Waals surface area contributed by atoms with Crippen LogP contribution in [0.5, 0.6) is 0 Å². The lowest BCUT2D eigenvalue weighted by Gasteiger charge is -2.19. The maximum absolute atomic E-state index is 13.4. The molecule has 1 fully saturated rings. The highest BCUT2D eigenvalue weighted by Crippen LogP contribution is 2.43. The number of rotatable bonds is 2. The fourth-order valence-corrected chi connectivity index (χ4v) is 3.68. The van der Waals surface area contributed by atoms with Crippen molar-refractivity contribution >= 4 is 35.1 Å². The fraction of sp³-hybridized carbons (Fsp3) is 0.167. The van der Waals surface area contributed by atoms with Crippen molar-refractivity contribution in [3.8, 4) is 0 Å². The van der Waals surface area contributed by atoms with E-state index in [1.165, 1.54) is 24.3 Å². The van der Waals surface area contributed by atoms with E-state index in [1.807, 2.05) is 0 Å². The SMILES string of the molecule is Cc1cc(Cl)cc2c1NC(=O)[C@]21NC(=O)N(Cc2cccc(F)c2)C1=O. The van der Waals surface area contributed by atoms with Crippen LogP contribution in [0.4, 0.5) is 14.9 Å². The Morgan fingerprint density at radius 3 is 2.69 bits per heavy atom. The molecule has 0 aliphatic carbocycles. The molecule has 1 atom stereocenters. The van der Waals surface area contributed by atoms with Crippen molar-refractivity contribution in [2.45, 2.75) is 19.0 Å². The van der Waals surface area contributed by atoms with Crippen molar-refractivity contribution in [3.63, 3.8) is 0 Å². The average molecular weight is 374 g/mol. The van der Waals surface area contributed by atoms with E-state index in [0.29, 0.717) is 27.4 Å². The second-order valence-electron chi connectivity index (χ2n) is 6.30. The highest BCUT2D eigenvalue weighted by Gasteiger charge is 2.62. The van der Waals surface area contributed by atoms with E-state index in [-0.39, 0.29) is 6.54 Å². The molecule has 26 heavy (non-hydrogen) atoms. The number of nitrogens with one attached hydrogen (secondary N) is 2. The number of imide groups is 1. The average Bonchev–Trinajstić information content (AvgIpc) is 2.99. The highest BCUT2D eigenvalue weighted by atomic mass is 35.5. The minimum atomic E-state index is -1.85. The van der Waals surface area contributed by atoms with Gasteiger partial charge in [-0.15, -0.1) is 0 Å². The van der Waals surface area contributed by atoms with Crippen LogP contribution in [0, 0.1) is 12.7 Å². The highest BCUT2D eigenvalue weighted by molar-refractivity contribution is 6.32. The number of benzene rings is 2. The molecule has 2 aliphatic rings. The number of hydrogen-bond donors (Lipinski definition) is 2. The third kappa shape index (κ3) is 2.20. The number of carbonyl (C=O) groups is 3. The van der Waals surface area contributed by atoms with Gasteiger partial charge >= 0.3 is 6.03 Å². The largest absolute Gasteiger partial charge is 0.326 e. The summed E-state index contributed by atoms with van der Waals surface area (Å²) in [6.07, 6.45) is 0.